The smallest absolute Gasteiger partial charge is 0.0329 e. The van der Waals surface area contributed by atoms with Crippen LogP contribution in [0.3, 0.4) is 0 Å². The molecule has 1 unspecified atom stereocenters. The average Bonchev–Trinajstić information content (AvgIpc) is 1.90. The van der Waals surface area contributed by atoms with Crippen molar-refractivity contribution in [1.29, 1.82) is 0 Å². The highest BCUT2D eigenvalue weighted by atomic mass is 31.1. The molecule has 0 aromatic rings. The van der Waals surface area contributed by atoms with Crippen molar-refractivity contribution in [2.24, 2.45) is 0 Å². The summed E-state index contributed by atoms with van der Waals surface area (Å²) in [6.07, 6.45) is 8.72. The molecule has 0 saturated carbocycles. The van der Waals surface area contributed by atoms with Crippen LogP contribution in [0, 0.1) is 0 Å². The first kappa shape index (κ1) is 52.9. The maximum Gasteiger partial charge on any atom is -0.0329 e. The molecular weight excluding hydrogens is 284 g/mol. The van der Waals surface area contributed by atoms with E-state index in [4.69, 9.17) is 0 Å². The predicted octanol–water partition coefficient (Wildman–Crippen LogP) is 4.67. The molecule has 0 amide bonds. The van der Waals surface area contributed by atoms with E-state index in [2.05, 4.69) is 20.8 Å². The van der Waals surface area contributed by atoms with Gasteiger partial charge in [0, 0.05) is 0 Å². The van der Waals surface area contributed by atoms with Crippen molar-refractivity contribution < 1.29 is 28.2 Å². The Labute approximate surface area is 105 Å². The highest BCUT2D eigenvalue weighted by Gasteiger charge is 2.02. The number of halogens is 6. The molecule has 0 spiro atoms. The zero-order valence-electron chi connectivity index (χ0n) is 10.8. The van der Waals surface area contributed by atoms with Gasteiger partial charge in [-0.2, -0.15) is 9.90 Å². The molecule has 8 heteroatoms. The molecule has 0 radical (unpaired) electrons. The van der Waals surface area contributed by atoms with Gasteiger partial charge in [-0.1, -0.05) is 40.0 Å². The predicted molar refractivity (Wildman–Crippen MR) is 78.5 cm³/mol. The Balaban J connectivity index is -0.0000000193. The third kappa shape index (κ3) is 38.5. The number of hydrogen-bond acceptors (Lipinski definition) is 0. The van der Waals surface area contributed by atoms with Crippen LogP contribution < -0.4 is 0 Å². The van der Waals surface area contributed by atoms with E-state index in [-0.39, 0.29) is 38.1 Å². The highest BCUT2D eigenvalue weighted by molar-refractivity contribution is 7.57. The lowest BCUT2D eigenvalue weighted by molar-refractivity contribution is 1.02. The lowest BCUT2D eigenvalue weighted by Gasteiger charge is -2.13. The van der Waals surface area contributed by atoms with Crippen molar-refractivity contribution in [1.82, 2.24) is 0 Å². The minimum Gasteiger partial charge on any atom is -0.269 e. The minimum absolute atomic E-state index is 0. The third-order valence-electron chi connectivity index (χ3n) is 1.62. The summed E-state index contributed by atoms with van der Waals surface area (Å²) in [4.78, 5) is 0. The molecule has 0 aliphatic heterocycles. The fraction of sp³-hybridized carbons (Fsp3) is 1.00. The third-order valence-corrected chi connectivity index (χ3v) is 4.86. The molecule has 0 heterocycles. The Morgan fingerprint density at radius 2 is 0.706 bits per heavy atom. The normalized spacial score (nSPS) is 6.35. The quantitative estimate of drug-likeness (QED) is 0.493. The fourth-order valence-corrected chi connectivity index (χ4v) is 3.85. The molecule has 0 fully saturated rings. The molecule has 0 saturated heterocycles. The zero-order valence-corrected chi connectivity index (χ0v) is 13.2. The van der Waals surface area contributed by atoms with Gasteiger partial charge in [0.25, 0.3) is 0 Å². The first-order chi connectivity index (χ1) is 4.85. The second-order valence-corrected chi connectivity index (χ2v) is 5.52. The van der Waals surface area contributed by atoms with Crippen LogP contribution >= 0.6 is 17.8 Å². The van der Waals surface area contributed by atoms with Crippen LogP contribution in [-0.4, -0.2) is 18.5 Å². The topological polar surface area (TPSA) is 0 Å². The first-order valence-electron chi connectivity index (χ1n) is 4.57. The molecule has 0 aromatic carbocycles. The van der Waals surface area contributed by atoms with Crippen LogP contribution in [0.25, 0.3) is 0 Å². The van der Waals surface area contributed by atoms with Crippen molar-refractivity contribution in [3.8, 4) is 0 Å². The molecule has 118 valence electrons. The van der Waals surface area contributed by atoms with Crippen LogP contribution in [0.1, 0.15) is 40.0 Å². The Morgan fingerprint density at radius 3 is 0.824 bits per heavy atom. The van der Waals surface area contributed by atoms with Crippen molar-refractivity contribution in [3.63, 3.8) is 0 Å². The van der Waals surface area contributed by atoms with Crippen LogP contribution in [0.15, 0.2) is 0 Å². The fourth-order valence-electron chi connectivity index (χ4n) is 1.28. The lowest BCUT2D eigenvalue weighted by atomic mass is 10.6. The Bertz CT molecular complexity index is 66.2. The summed E-state index contributed by atoms with van der Waals surface area (Å²) in [5.41, 5.74) is 0. The maximum atomic E-state index is 2.31. The van der Waals surface area contributed by atoms with Crippen molar-refractivity contribution in [3.05, 3.63) is 0 Å². The van der Waals surface area contributed by atoms with Gasteiger partial charge in [0.2, 0.25) is 0 Å². The maximum absolute atomic E-state index is 2.31. The van der Waals surface area contributed by atoms with Crippen LogP contribution in [-0.2, 0) is 0 Å². The van der Waals surface area contributed by atoms with Gasteiger partial charge >= 0.3 is 0 Å². The van der Waals surface area contributed by atoms with E-state index < -0.39 is 0 Å². The van der Waals surface area contributed by atoms with Gasteiger partial charge in [0.1, 0.15) is 0 Å². The Hall–Kier alpha value is 0.440. The molecule has 0 rings (SSSR count). The molecule has 0 aliphatic carbocycles. The van der Waals surface area contributed by atoms with Gasteiger partial charge in [0.15, 0.2) is 0 Å². The highest BCUT2D eigenvalue weighted by Crippen LogP contribution is 2.37. The molecule has 0 N–H and O–H groups in total. The van der Waals surface area contributed by atoms with E-state index in [1.165, 1.54) is 37.7 Å². The van der Waals surface area contributed by atoms with E-state index >= 15 is 0 Å². The summed E-state index contributed by atoms with van der Waals surface area (Å²) in [5, 5.41) is 0. The Morgan fingerprint density at radius 1 is 0.529 bits per heavy atom. The molecule has 0 nitrogen and oxygen atoms in total. The largest absolute Gasteiger partial charge is 0.269 e. The molecular formula is C9H30F6P2. The molecule has 1 atom stereocenters. The first-order valence-corrected chi connectivity index (χ1v) is 6.47. The lowest BCUT2D eigenvalue weighted by Crippen LogP contribution is -1.92. The van der Waals surface area contributed by atoms with Crippen molar-refractivity contribution >= 4 is 17.8 Å². The monoisotopic (exact) mass is 314 g/mol. The Kier molecular flexibility index (Phi) is 137. The second kappa shape index (κ2) is 44.0. The summed E-state index contributed by atoms with van der Waals surface area (Å²) in [7, 11) is 0.439. The zero-order chi connectivity index (χ0) is 7.82. The average molecular weight is 314 g/mol. The van der Waals surface area contributed by atoms with Gasteiger partial charge in [-0.05, 0) is 18.5 Å². The summed E-state index contributed by atoms with van der Waals surface area (Å²) < 4.78 is 0. The van der Waals surface area contributed by atoms with E-state index in [9.17, 15) is 0 Å². The van der Waals surface area contributed by atoms with E-state index in [0.29, 0.717) is 7.92 Å². The molecule has 17 heavy (non-hydrogen) atoms. The van der Waals surface area contributed by atoms with Gasteiger partial charge in [-0.25, -0.2) is 0 Å². The molecule has 0 aromatic heterocycles. The van der Waals surface area contributed by atoms with Gasteiger partial charge in [0.05, 0.1) is 0 Å². The summed E-state index contributed by atoms with van der Waals surface area (Å²) in [5.74, 6) is 0. The van der Waals surface area contributed by atoms with Crippen molar-refractivity contribution in [2.45, 2.75) is 40.0 Å². The van der Waals surface area contributed by atoms with E-state index in [0.717, 1.165) is 0 Å². The van der Waals surface area contributed by atoms with Crippen LogP contribution in [0.4, 0.5) is 28.2 Å². The molecule has 0 aliphatic rings. The number of hydrogen-bond donors (Lipinski definition) is 0. The SMILES string of the molecule is CCCP(CCC)CCC.F.F.F.F.F.F.P. The van der Waals surface area contributed by atoms with Gasteiger partial charge in [-0.15, -0.1) is 7.92 Å². The number of rotatable bonds is 6. The van der Waals surface area contributed by atoms with Gasteiger partial charge < -0.3 is 0 Å². The van der Waals surface area contributed by atoms with Crippen molar-refractivity contribution in [2.75, 3.05) is 18.5 Å². The standard InChI is InChI=1S/C9H21P.6FH.H3P/c1-4-7-10(8-5-2)9-6-3;;;;;;;/h4-9H2,1-3H3;6*1H;1H3. The summed E-state index contributed by atoms with van der Waals surface area (Å²) in [6.45, 7) is 6.92. The van der Waals surface area contributed by atoms with E-state index in [1.807, 2.05) is 0 Å². The minimum atomic E-state index is 0. The van der Waals surface area contributed by atoms with Gasteiger partial charge in [-0.3, -0.25) is 28.2 Å². The van der Waals surface area contributed by atoms with Crippen LogP contribution in [0.2, 0.25) is 0 Å². The second-order valence-electron chi connectivity index (χ2n) is 2.84. The van der Waals surface area contributed by atoms with E-state index in [1.54, 1.807) is 0 Å². The van der Waals surface area contributed by atoms with Crippen LogP contribution in [0.5, 0.6) is 0 Å². The summed E-state index contributed by atoms with van der Waals surface area (Å²) in [6, 6.07) is 0. The summed E-state index contributed by atoms with van der Waals surface area (Å²) >= 11 is 0. The molecule has 0 bridgehead atoms.